The molecule has 0 unspecified atom stereocenters. The summed E-state index contributed by atoms with van der Waals surface area (Å²) in [4.78, 5) is 28.9. The summed E-state index contributed by atoms with van der Waals surface area (Å²) in [5.74, 6) is 1.11. The number of methoxy groups -OCH3 is 4. The predicted molar refractivity (Wildman–Crippen MR) is 135 cm³/mol. The molecule has 1 heterocycles. The van der Waals surface area contributed by atoms with Crippen LogP contribution in [0.4, 0.5) is 0 Å². The highest BCUT2D eigenvalue weighted by Crippen LogP contribution is 2.45. The van der Waals surface area contributed by atoms with E-state index in [0.717, 1.165) is 11.1 Å². The third-order valence-corrected chi connectivity index (χ3v) is 6.56. The molecule has 0 bridgehead atoms. The van der Waals surface area contributed by atoms with Crippen LogP contribution in [0.25, 0.3) is 0 Å². The average Bonchev–Trinajstić information content (AvgIpc) is 2.92. The summed E-state index contributed by atoms with van der Waals surface area (Å²) in [6.45, 7) is 0.273. The normalized spacial score (nSPS) is 16.7. The number of ether oxygens (including phenoxy) is 4. The Kier molecular flexibility index (Phi) is 7.33. The zero-order valence-electron chi connectivity index (χ0n) is 21.0. The van der Waals surface area contributed by atoms with Gasteiger partial charge in [0.15, 0.2) is 11.5 Å². The maximum Gasteiger partial charge on any atom is 0.254 e. The van der Waals surface area contributed by atoms with Crippen molar-refractivity contribution in [2.75, 3.05) is 35.5 Å². The summed E-state index contributed by atoms with van der Waals surface area (Å²) in [6.07, 6.45) is 0. The van der Waals surface area contributed by atoms with E-state index in [2.05, 4.69) is 5.32 Å². The first-order valence-corrected chi connectivity index (χ1v) is 11.5. The van der Waals surface area contributed by atoms with Crippen molar-refractivity contribution in [3.8, 4) is 23.0 Å². The summed E-state index contributed by atoms with van der Waals surface area (Å²) in [7, 11) is 7.93. The minimum absolute atomic E-state index is 0.208. The molecule has 188 valence electrons. The molecule has 1 aliphatic heterocycles. The van der Waals surface area contributed by atoms with E-state index in [-0.39, 0.29) is 18.4 Å². The van der Waals surface area contributed by atoms with Crippen LogP contribution in [0.5, 0.6) is 23.0 Å². The van der Waals surface area contributed by atoms with Gasteiger partial charge in [0.05, 0.1) is 40.4 Å². The summed E-state index contributed by atoms with van der Waals surface area (Å²) < 4.78 is 21.7. The van der Waals surface area contributed by atoms with Crippen LogP contribution in [-0.2, 0) is 11.3 Å². The van der Waals surface area contributed by atoms with Crippen LogP contribution in [0, 0.1) is 0 Å². The first-order valence-electron chi connectivity index (χ1n) is 11.5. The largest absolute Gasteiger partial charge is 0.497 e. The van der Waals surface area contributed by atoms with Crippen LogP contribution < -0.4 is 24.3 Å². The van der Waals surface area contributed by atoms with Gasteiger partial charge in [-0.25, -0.2) is 0 Å². The van der Waals surface area contributed by atoms with E-state index in [1.165, 1.54) is 14.2 Å². The molecule has 3 aromatic rings. The van der Waals surface area contributed by atoms with Gasteiger partial charge in [0.25, 0.3) is 5.91 Å². The van der Waals surface area contributed by atoms with Gasteiger partial charge in [-0.3, -0.25) is 9.59 Å². The Bertz CT molecular complexity index is 1260. The summed E-state index contributed by atoms with van der Waals surface area (Å²) in [6, 6.07) is 17.7. The predicted octanol–water partition coefficient (Wildman–Crippen LogP) is 3.95. The quantitative estimate of drug-likeness (QED) is 0.515. The molecule has 0 aliphatic carbocycles. The summed E-state index contributed by atoms with van der Waals surface area (Å²) in [5, 5.41) is 3.05. The number of hydrogen-bond acceptors (Lipinski definition) is 6. The number of nitrogens with zero attached hydrogens (tertiary/aromatic N) is 1. The second-order valence-corrected chi connectivity index (χ2v) is 8.44. The number of para-hydroxylation sites is 1. The lowest BCUT2D eigenvalue weighted by Crippen LogP contribution is -2.45. The van der Waals surface area contributed by atoms with Gasteiger partial charge >= 0.3 is 0 Å². The van der Waals surface area contributed by atoms with Crippen molar-refractivity contribution in [2.24, 2.45) is 0 Å². The Labute approximate surface area is 210 Å². The standard InChI is InChI=1S/C28H30N2O6/c1-30-26(17-10-12-19(33-2)13-11-17)25(27(31)29-16-18-8-6-7-9-22(18)34-3)20-14-23(35-4)24(36-5)15-21(20)28(30)32/h6-15,25-26H,16H2,1-5H3,(H,29,31)/t25-,26+/m0/s1. The molecule has 1 aliphatic rings. The maximum absolute atomic E-state index is 13.9. The van der Waals surface area contributed by atoms with E-state index in [9.17, 15) is 9.59 Å². The van der Waals surface area contributed by atoms with Crippen molar-refractivity contribution < 1.29 is 28.5 Å². The van der Waals surface area contributed by atoms with Gasteiger partial charge in [-0.2, -0.15) is 0 Å². The molecule has 36 heavy (non-hydrogen) atoms. The number of carbonyl (C=O) groups excluding carboxylic acids is 2. The lowest BCUT2D eigenvalue weighted by Gasteiger charge is -2.40. The number of amides is 2. The van der Waals surface area contributed by atoms with Crippen LogP contribution in [-0.4, -0.2) is 52.2 Å². The second-order valence-electron chi connectivity index (χ2n) is 8.44. The van der Waals surface area contributed by atoms with Crippen LogP contribution in [0.2, 0.25) is 0 Å². The molecule has 0 saturated carbocycles. The number of nitrogens with one attached hydrogen (secondary N) is 1. The van der Waals surface area contributed by atoms with Crippen molar-refractivity contribution >= 4 is 11.8 Å². The van der Waals surface area contributed by atoms with Gasteiger partial charge in [0.2, 0.25) is 5.91 Å². The van der Waals surface area contributed by atoms with Crippen LogP contribution >= 0.6 is 0 Å². The highest BCUT2D eigenvalue weighted by atomic mass is 16.5. The first kappa shape index (κ1) is 24.9. The zero-order chi connectivity index (χ0) is 25.8. The Morgan fingerprint density at radius 2 is 1.50 bits per heavy atom. The number of hydrogen-bond donors (Lipinski definition) is 1. The molecule has 8 heteroatoms. The lowest BCUT2D eigenvalue weighted by atomic mass is 9.79. The smallest absolute Gasteiger partial charge is 0.254 e. The van der Waals surface area contributed by atoms with Gasteiger partial charge < -0.3 is 29.2 Å². The number of rotatable bonds is 8. The molecule has 1 N–H and O–H groups in total. The molecule has 2 amide bonds. The maximum atomic E-state index is 13.9. The van der Waals surface area contributed by atoms with Gasteiger partial charge in [0.1, 0.15) is 11.5 Å². The third kappa shape index (κ3) is 4.54. The third-order valence-electron chi connectivity index (χ3n) is 6.56. The van der Waals surface area contributed by atoms with Crippen molar-refractivity contribution in [1.29, 1.82) is 0 Å². The van der Waals surface area contributed by atoms with E-state index < -0.39 is 12.0 Å². The van der Waals surface area contributed by atoms with Crippen molar-refractivity contribution in [3.63, 3.8) is 0 Å². The van der Waals surface area contributed by atoms with E-state index in [4.69, 9.17) is 18.9 Å². The molecular formula is C28H30N2O6. The molecule has 8 nitrogen and oxygen atoms in total. The van der Waals surface area contributed by atoms with Crippen molar-refractivity contribution in [1.82, 2.24) is 10.2 Å². The van der Waals surface area contributed by atoms with E-state index in [1.807, 2.05) is 48.5 Å². The number of benzene rings is 3. The second kappa shape index (κ2) is 10.6. The molecular weight excluding hydrogens is 460 g/mol. The molecule has 0 aromatic heterocycles. The van der Waals surface area contributed by atoms with Gasteiger partial charge in [-0.15, -0.1) is 0 Å². The fraction of sp³-hybridized carbons (Fsp3) is 0.286. The monoisotopic (exact) mass is 490 g/mol. The Morgan fingerprint density at radius 1 is 0.861 bits per heavy atom. The fourth-order valence-electron chi connectivity index (χ4n) is 4.69. The average molecular weight is 491 g/mol. The topological polar surface area (TPSA) is 86.3 Å². The molecule has 2 atom stereocenters. The highest BCUT2D eigenvalue weighted by Gasteiger charge is 2.43. The Morgan fingerprint density at radius 3 is 2.14 bits per heavy atom. The van der Waals surface area contributed by atoms with Crippen molar-refractivity contribution in [3.05, 3.63) is 82.9 Å². The van der Waals surface area contributed by atoms with Gasteiger partial charge in [0, 0.05) is 24.7 Å². The SMILES string of the molecule is COc1ccc([C@@H]2[C@@H](C(=O)NCc3ccccc3OC)c3cc(OC)c(OC)cc3C(=O)N2C)cc1. The molecule has 0 fully saturated rings. The van der Waals surface area contributed by atoms with Crippen molar-refractivity contribution in [2.45, 2.75) is 18.5 Å². The zero-order valence-corrected chi connectivity index (χ0v) is 21.0. The van der Waals surface area contributed by atoms with E-state index in [0.29, 0.717) is 34.1 Å². The molecule has 0 radical (unpaired) electrons. The molecule has 0 spiro atoms. The molecule has 4 rings (SSSR count). The number of likely N-dealkylation sites (N-methyl/N-ethyl adjacent to an activating group) is 1. The number of fused-ring (bicyclic) bond motifs is 1. The van der Waals surface area contributed by atoms with E-state index >= 15 is 0 Å². The fourth-order valence-corrected chi connectivity index (χ4v) is 4.69. The lowest BCUT2D eigenvalue weighted by molar-refractivity contribution is -0.124. The van der Waals surface area contributed by atoms with Crippen LogP contribution in [0.1, 0.15) is 39.0 Å². The Balaban J connectivity index is 1.80. The highest BCUT2D eigenvalue weighted by molar-refractivity contribution is 6.02. The minimum Gasteiger partial charge on any atom is -0.497 e. The summed E-state index contributed by atoms with van der Waals surface area (Å²) in [5.41, 5.74) is 2.64. The molecule has 0 saturated heterocycles. The summed E-state index contributed by atoms with van der Waals surface area (Å²) >= 11 is 0. The first-order chi connectivity index (χ1) is 17.4. The number of carbonyl (C=O) groups is 2. The Hall–Kier alpha value is -4.20. The van der Waals surface area contributed by atoms with E-state index in [1.54, 1.807) is 38.3 Å². The van der Waals surface area contributed by atoms with Crippen LogP contribution in [0.3, 0.4) is 0 Å². The minimum atomic E-state index is -0.703. The van der Waals surface area contributed by atoms with Gasteiger partial charge in [-0.1, -0.05) is 30.3 Å². The molecule has 3 aromatic carbocycles. The van der Waals surface area contributed by atoms with Crippen LogP contribution in [0.15, 0.2) is 60.7 Å². The van der Waals surface area contributed by atoms with Gasteiger partial charge in [-0.05, 0) is 41.5 Å².